The first-order valence-corrected chi connectivity index (χ1v) is 8.71. The Morgan fingerprint density at radius 1 is 1.32 bits per heavy atom. The van der Waals surface area contributed by atoms with Crippen LogP contribution in [0.2, 0.25) is 0 Å². The molecule has 1 aliphatic rings. The summed E-state index contributed by atoms with van der Waals surface area (Å²) in [6.45, 7) is 0. The smallest absolute Gasteiger partial charge is 0.173 e. The molecule has 0 aliphatic heterocycles. The summed E-state index contributed by atoms with van der Waals surface area (Å²) in [7, 11) is 1.66. The standard InChI is InChI=1S/C19H21N5O/c1-25-16-9-5-6-13(10-16)17-19(22-15-7-3-2-4-8-15)24-18(23-17)14(11-20)12-21-24/h5-6,9-10,12,15,21-22H,2-4,7-8H2,1H3. The number of anilines is 1. The highest BCUT2D eigenvalue weighted by Crippen LogP contribution is 2.33. The minimum absolute atomic E-state index is 0.437. The number of aromatic nitrogens is 3. The molecule has 4 rings (SSSR count). The molecule has 0 atom stereocenters. The van der Waals surface area contributed by atoms with Crippen LogP contribution in [0.25, 0.3) is 16.9 Å². The molecule has 3 aromatic rings. The van der Waals surface area contributed by atoms with E-state index in [-0.39, 0.29) is 0 Å². The summed E-state index contributed by atoms with van der Waals surface area (Å²) < 4.78 is 7.23. The number of methoxy groups -OCH3 is 1. The summed E-state index contributed by atoms with van der Waals surface area (Å²) in [4.78, 5) is 4.75. The Morgan fingerprint density at radius 2 is 2.16 bits per heavy atom. The zero-order chi connectivity index (χ0) is 17.2. The van der Waals surface area contributed by atoms with Crippen LogP contribution in [0.5, 0.6) is 5.75 Å². The number of hydrogen-bond donors (Lipinski definition) is 2. The Balaban J connectivity index is 1.82. The third-order valence-electron chi connectivity index (χ3n) is 4.87. The number of imidazole rings is 1. The van der Waals surface area contributed by atoms with Gasteiger partial charge in [0.1, 0.15) is 23.1 Å². The predicted molar refractivity (Wildman–Crippen MR) is 96.7 cm³/mol. The maximum atomic E-state index is 9.34. The van der Waals surface area contributed by atoms with E-state index in [9.17, 15) is 5.26 Å². The Kier molecular flexibility index (Phi) is 4.06. The number of nitriles is 1. The molecule has 0 radical (unpaired) electrons. The van der Waals surface area contributed by atoms with Crippen LogP contribution in [0, 0.1) is 11.3 Å². The highest BCUT2D eigenvalue weighted by Gasteiger charge is 2.22. The monoisotopic (exact) mass is 335 g/mol. The molecule has 6 nitrogen and oxygen atoms in total. The van der Waals surface area contributed by atoms with E-state index in [1.807, 2.05) is 28.8 Å². The van der Waals surface area contributed by atoms with Crippen LogP contribution in [-0.2, 0) is 0 Å². The maximum Gasteiger partial charge on any atom is 0.173 e. The van der Waals surface area contributed by atoms with Gasteiger partial charge in [-0.25, -0.2) is 9.50 Å². The summed E-state index contributed by atoms with van der Waals surface area (Å²) in [6.07, 6.45) is 7.84. The SMILES string of the molecule is COc1cccc(-c2nc3c(C#N)c[nH]n3c2NC2CCCCC2)c1. The number of hydrogen-bond acceptors (Lipinski definition) is 4. The molecule has 1 saturated carbocycles. The minimum Gasteiger partial charge on any atom is -0.497 e. The molecule has 25 heavy (non-hydrogen) atoms. The average molecular weight is 335 g/mol. The van der Waals surface area contributed by atoms with E-state index in [1.54, 1.807) is 13.3 Å². The van der Waals surface area contributed by atoms with Gasteiger partial charge in [-0.3, -0.25) is 5.10 Å². The third kappa shape index (κ3) is 2.82. The quantitative estimate of drug-likeness (QED) is 0.756. The topological polar surface area (TPSA) is 78.1 Å². The van der Waals surface area contributed by atoms with Crippen molar-refractivity contribution in [3.63, 3.8) is 0 Å². The maximum absolute atomic E-state index is 9.34. The lowest BCUT2D eigenvalue weighted by Crippen LogP contribution is -2.23. The molecule has 1 aliphatic carbocycles. The molecule has 6 heteroatoms. The van der Waals surface area contributed by atoms with Crippen LogP contribution in [-0.4, -0.2) is 27.7 Å². The predicted octanol–water partition coefficient (Wildman–Crippen LogP) is 3.95. The van der Waals surface area contributed by atoms with Crippen molar-refractivity contribution in [2.75, 3.05) is 12.4 Å². The highest BCUT2D eigenvalue weighted by atomic mass is 16.5. The number of nitrogens with zero attached hydrogens (tertiary/aromatic N) is 3. The van der Waals surface area contributed by atoms with Gasteiger partial charge in [0.25, 0.3) is 0 Å². The van der Waals surface area contributed by atoms with Crippen molar-refractivity contribution in [2.45, 2.75) is 38.1 Å². The number of aromatic amines is 1. The van der Waals surface area contributed by atoms with Crippen LogP contribution in [0.1, 0.15) is 37.7 Å². The normalized spacial score (nSPS) is 15.2. The van der Waals surface area contributed by atoms with Crippen molar-refractivity contribution in [3.8, 4) is 23.1 Å². The van der Waals surface area contributed by atoms with E-state index >= 15 is 0 Å². The van der Waals surface area contributed by atoms with Gasteiger partial charge in [0.15, 0.2) is 11.5 Å². The first-order chi connectivity index (χ1) is 12.3. The van der Waals surface area contributed by atoms with E-state index in [0.717, 1.165) is 35.7 Å². The summed E-state index contributed by atoms with van der Waals surface area (Å²) in [5, 5.41) is 16.2. The minimum atomic E-state index is 0.437. The van der Waals surface area contributed by atoms with E-state index < -0.39 is 0 Å². The zero-order valence-electron chi connectivity index (χ0n) is 14.2. The van der Waals surface area contributed by atoms with Crippen molar-refractivity contribution in [2.24, 2.45) is 0 Å². The van der Waals surface area contributed by atoms with Crippen molar-refractivity contribution < 1.29 is 4.74 Å². The number of rotatable bonds is 4. The zero-order valence-corrected chi connectivity index (χ0v) is 14.2. The van der Waals surface area contributed by atoms with Crippen LogP contribution in [0.15, 0.2) is 30.5 Å². The molecule has 2 aromatic heterocycles. The molecule has 128 valence electrons. The van der Waals surface area contributed by atoms with Crippen LogP contribution >= 0.6 is 0 Å². The summed E-state index contributed by atoms with van der Waals surface area (Å²) in [5.74, 6) is 1.70. The Morgan fingerprint density at radius 3 is 2.92 bits per heavy atom. The Bertz CT molecular complexity index is 927. The van der Waals surface area contributed by atoms with E-state index in [1.165, 1.54) is 19.3 Å². The van der Waals surface area contributed by atoms with E-state index in [4.69, 9.17) is 9.72 Å². The van der Waals surface area contributed by atoms with Gasteiger partial charge in [-0.1, -0.05) is 31.4 Å². The lowest BCUT2D eigenvalue weighted by molar-refractivity contribution is 0.415. The molecule has 0 spiro atoms. The van der Waals surface area contributed by atoms with E-state index in [2.05, 4.69) is 16.5 Å². The molecule has 2 heterocycles. The third-order valence-corrected chi connectivity index (χ3v) is 4.87. The van der Waals surface area contributed by atoms with Gasteiger partial charge in [0, 0.05) is 17.8 Å². The van der Waals surface area contributed by atoms with Gasteiger partial charge in [-0.2, -0.15) is 5.26 Å². The summed E-state index contributed by atoms with van der Waals surface area (Å²) in [6, 6.07) is 10.5. The number of fused-ring (bicyclic) bond motifs is 1. The lowest BCUT2D eigenvalue weighted by Gasteiger charge is -2.23. The van der Waals surface area contributed by atoms with Crippen molar-refractivity contribution in [1.29, 1.82) is 5.26 Å². The average Bonchev–Trinajstić information content (AvgIpc) is 3.22. The number of ether oxygens (including phenoxy) is 1. The van der Waals surface area contributed by atoms with Gasteiger partial charge < -0.3 is 10.1 Å². The van der Waals surface area contributed by atoms with Crippen molar-refractivity contribution in [1.82, 2.24) is 14.6 Å². The molecule has 1 aromatic carbocycles. The lowest BCUT2D eigenvalue weighted by atomic mass is 9.95. The fourth-order valence-corrected chi connectivity index (χ4v) is 3.55. The van der Waals surface area contributed by atoms with Gasteiger partial charge in [0.05, 0.1) is 7.11 Å². The van der Waals surface area contributed by atoms with Crippen LogP contribution < -0.4 is 10.1 Å². The van der Waals surface area contributed by atoms with Gasteiger partial charge in [0.2, 0.25) is 0 Å². The van der Waals surface area contributed by atoms with Crippen LogP contribution in [0.4, 0.5) is 5.82 Å². The number of H-pyrrole nitrogens is 1. The van der Waals surface area contributed by atoms with E-state index in [0.29, 0.717) is 17.3 Å². The molecule has 0 unspecified atom stereocenters. The first kappa shape index (κ1) is 15.6. The fraction of sp³-hybridized carbons (Fsp3) is 0.368. The van der Waals surface area contributed by atoms with Crippen molar-refractivity contribution in [3.05, 3.63) is 36.0 Å². The summed E-state index contributed by atoms with van der Waals surface area (Å²) in [5.41, 5.74) is 3.01. The highest BCUT2D eigenvalue weighted by molar-refractivity contribution is 5.78. The van der Waals surface area contributed by atoms with Crippen molar-refractivity contribution >= 4 is 11.5 Å². The Labute approximate surface area is 146 Å². The summed E-state index contributed by atoms with van der Waals surface area (Å²) >= 11 is 0. The second-order valence-electron chi connectivity index (χ2n) is 6.48. The molecule has 0 amide bonds. The first-order valence-electron chi connectivity index (χ1n) is 8.71. The molecular formula is C19H21N5O. The molecule has 1 fully saturated rings. The number of benzene rings is 1. The molecule has 2 N–H and O–H groups in total. The second-order valence-corrected chi connectivity index (χ2v) is 6.48. The Hall–Kier alpha value is -2.94. The number of nitrogens with one attached hydrogen (secondary N) is 2. The van der Waals surface area contributed by atoms with Gasteiger partial charge in [-0.15, -0.1) is 0 Å². The van der Waals surface area contributed by atoms with Gasteiger partial charge in [-0.05, 0) is 25.0 Å². The van der Waals surface area contributed by atoms with Crippen LogP contribution in [0.3, 0.4) is 0 Å². The van der Waals surface area contributed by atoms with Gasteiger partial charge >= 0.3 is 0 Å². The molecule has 0 bridgehead atoms. The fourth-order valence-electron chi connectivity index (χ4n) is 3.55. The largest absolute Gasteiger partial charge is 0.497 e. The second kappa shape index (κ2) is 6.52. The molecule has 0 saturated heterocycles. The molecular weight excluding hydrogens is 314 g/mol.